The van der Waals surface area contributed by atoms with E-state index < -0.39 is 18.1 Å². The minimum Gasteiger partial charge on any atom is -0.480 e. The first-order chi connectivity index (χ1) is 15.0. The minimum atomic E-state index is -1.04. The molecule has 0 saturated carbocycles. The van der Waals surface area contributed by atoms with Crippen molar-refractivity contribution >= 4 is 12.1 Å². The number of benzene rings is 3. The molecular formula is C25H24N2O4. The lowest BCUT2D eigenvalue weighted by Crippen LogP contribution is -2.32. The van der Waals surface area contributed by atoms with Gasteiger partial charge in [-0.3, -0.25) is 4.79 Å². The van der Waals surface area contributed by atoms with Crippen molar-refractivity contribution in [3.8, 4) is 11.1 Å². The van der Waals surface area contributed by atoms with Crippen LogP contribution >= 0.6 is 0 Å². The quantitative estimate of drug-likeness (QED) is 0.545. The van der Waals surface area contributed by atoms with Crippen LogP contribution in [0.5, 0.6) is 0 Å². The van der Waals surface area contributed by atoms with Crippen molar-refractivity contribution in [3.63, 3.8) is 0 Å². The van der Waals surface area contributed by atoms with E-state index in [1.54, 1.807) is 0 Å². The number of carboxylic acids is 1. The molecule has 0 aliphatic heterocycles. The van der Waals surface area contributed by atoms with Crippen molar-refractivity contribution in [2.45, 2.75) is 24.9 Å². The van der Waals surface area contributed by atoms with Crippen LogP contribution in [0.25, 0.3) is 11.1 Å². The molecule has 31 heavy (non-hydrogen) atoms. The van der Waals surface area contributed by atoms with Crippen LogP contribution in [0.2, 0.25) is 0 Å². The third-order valence-corrected chi connectivity index (χ3v) is 5.54. The number of carboxylic acid groups (broad SMARTS) is 1. The number of alkyl carbamates (subject to hydrolysis) is 1. The van der Waals surface area contributed by atoms with E-state index in [4.69, 9.17) is 15.6 Å². The second-order valence-electron chi connectivity index (χ2n) is 7.65. The molecule has 0 aromatic heterocycles. The average molecular weight is 416 g/mol. The van der Waals surface area contributed by atoms with E-state index in [1.165, 1.54) is 22.3 Å². The molecule has 0 fully saturated rings. The molecule has 0 heterocycles. The molecule has 0 saturated heterocycles. The summed E-state index contributed by atoms with van der Waals surface area (Å²) in [7, 11) is 0. The van der Waals surface area contributed by atoms with Gasteiger partial charge in [0, 0.05) is 12.5 Å². The number of fused-ring (bicyclic) bond motifs is 3. The Morgan fingerprint density at radius 1 is 0.935 bits per heavy atom. The molecule has 6 nitrogen and oxygen atoms in total. The SMILES string of the molecule is NC(Cc1cccc(CNC(=O)OCC2c3ccccc3-c3ccccc32)c1)C(=O)O. The van der Waals surface area contributed by atoms with Crippen LogP contribution in [-0.4, -0.2) is 29.8 Å². The number of carbonyl (C=O) groups is 2. The maximum Gasteiger partial charge on any atom is 0.407 e. The van der Waals surface area contributed by atoms with Gasteiger partial charge in [-0.1, -0.05) is 72.8 Å². The second kappa shape index (κ2) is 9.02. The number of nitrogens with one attached hydrogen (secondary N) is 1. The molecular weight excluding hydrogens is 392 g/mol. The van der Waals surface area contributed by atoms with E-state index in [1.807, 2.05) is 48.5 Å². The predicted octanol–water partition coefficient (Wildman–Crippen LogP) is 3.68. The van der Waals surface area contributed by atoms with Gasteiger partial charge in [-0.05, 0) is 39.8 Å². The number of aliphatic carboxylic acids is 1. The Labute approximate surface area is 180 Å². The minimum absolute atomic E-state index is 0.0129. The summed E-state index contributed by atoms with van der Waals surface area (Å²) in [6.45, 7) is 0.542. The number of carbonyl (C=O) groups excluding carboxylic acids is 1. The molecule has 4 N–H and O–H groups in total. The number of hydrogen-bond donors (Lipinski definition) is 3. The normalized spacial score (nSPS) is 13.2. The van der Waals surface area contributed by atoms with Crippen LogP contribution in [0.4, 0.5) is 4.79 Å². The van der Waals surface area contributed by atoms with E-state index in [0.717, 1.165) is 11.1 Å². The molecule has 1 aliphatic rings. The van der Waals surface area contributed by atoms with Gasteiger partial charge in [-0.25, -0.2) is 4.79 Å². The lowest BCUT2D eigenvalue weighted by atomic mass is 9.98. The summed E-state index contributed by atoms with van der Waals surface area (Å²) in [6, 6.07) is 22.8. The number of ether oxygens (including phenoxy) is 1. The predicted molar refractivity (Wildman–Crippen MR) is 118 cm³/mol. The highest BCUT2D eigenvalue weighted by atomic mass is 16.5. The Balaban J connectivity index is 1.35. The Kier molecular flexibility index (Phi) is 6.00. The first kappa shape index (κ1) is 20.6. The molecule has 4 rings (SSSR count). The first-order valence-corrected chi connectivity index (χ1v) is 10.2. The van der Waals surface area contributed by atoms with Gasteiger partial charge in [0.2, 0.25) is 0 Å². The van der Waals surface area contributed by atoms with Gasteiger partial charge in [-0.2, -0.15) is 0 Å². The fourth-order valence-electron chi connectivity index (χ4n) is 4.03. The highest BCUT2D eigenvalue weighted by molar-refractivity contribution is 5.79. The summed E-state index contributed by atoms with van der Waals surface area (Å²) in [5, 5.41) is 11.7. The zero-order chi connectivity index (χ0) is 21.8. The first-order valence-electron chi connectivity index (χ1n) is 10.2. The van der Waals surface area contributed by atoms with Crippen molar-refractivity contribution < 1.29 is 19.4 Å². The van der Waals surface area contributed by atoms with Crippen LogP contribution in [0.15, 0.2) is 72.8 Å². The third kappa shape index (κ3) is 4.59. The van der Waals surface area contributed by atoms with Gasteiger partial charge >= 0.3 is 12.1 Å². The molecule has 6 heteroatoms. The zero-order valence-electron chi connectivity index (χ0n) is 17.0. The molecule has 0 radical (unpaired) electrons. The molecule has 3 aromatic rings. The summed E-state index contributed by atoms with van der Waals surface area (Å²) < 4.78 is 5.54. The Bertz CT molecular complexity index is 1070. The molecule has 1 aliphatic carbocycles. The van der Waals surface area contributed by atoms with Gasteiger partial charge in [0.25, 0.3) is 0 Å². The number of rotatable bonds is 7. The fraction of sp³-hybridized carbons (Fsp3) is 0.200. The largest absolute Gasteiger partial charge is 0.480 e. The highest BCUT2D eigenvalue weighted by Gasteiger charge is 2.28. The van der Waals surface area contributed by atoms with Crippen molar-refractivity contribution in [1.82, 2.24) is 5.32 Å². The molecule has 3 aromatic carbocycles. The van der Waals surface area contributed by atoms with Crippen molar-refractivity contribution in [2.24, 2.45) is 5.73 Å². The molecule has 0 bridgehead atoms. The molecule has 1 atom stereocenters. The van der Waals surface area contributed by atoms with Crippen LogP contribution in [0, 0.1) is 0 Å². The Morgan fingerprint density at radius 3 is 2.19 bits per heavy atom. The van der Waals surface area contributed by atoms with Gasteiger partial charge < -0.3 is 20.9 Å². The molecule has 1 unspecified atom stereocenters. The van der Waals surface area contributed by atoms with E-state index in [9.17, 15) is 9.59 Å². The van der Waals surface area contributed by atoms with Gasteiger partial charge in [0.1, 0.15) is 12.6 Å². The average Bonchev–Trinajstić information content (AvgIpc) is 3.10. The lowest BCUT2D eigenvalue weighted by molar-refractivity contribution is -0.138. The van der Waals surface area contributed by atoms with Crippen LogP contribution in [-0.2, 0) is 22.5 Å². The van der Waals surface area contributed by atoms with Crippen LogP contribution in [0.1, 0.15) is 28.2 Å². The van der Waals surface area contributed by atoms with Crippen LogP contribution in [0.3, 0.4) is 0 Å². The summed E-state index contributed by atoms with van der Waals surface area (Å²) in [5.41, 5.74) is 12.0. The van der Waals surface area contributed by atoms with E-state index in [2.05, 4.69) is 29.6 Å². The maximum atomic E-state index is 12.3. The van der Waals surface area contributed by atoms with Crippen molar-refractivity contribution in [3.05, 3.63) is 95.1 Å². The smallest absolute Gasteiger partial charge is 0.407 e. The molecule has 158 valence electrons. The van der Waals surface area contributed by atoms with Gasteiger partial charge in [-0.15, -0.1) is 0 Å². The topological polar surface area (TPSA) is 102 Å². The van der Waals surface area contributed by atoms with E-state index in [-0.39, 0.29) is 25.5 Å². The monoisotopic (exact) mass is 416 g/mol. The summed E-state index contributed by atoms with van der Waals surface area (Å²) in [5.74, 6) is -1.03. The van der Waals surface area contributed by atoms with E-state index >= 15 is 0 Å². The standard InChI is InChI=1S/C25H24N2O4/c26-23(24(28)29)13-16-6-5-7-17(12-16)14-27-25(30)31-15-22-20-10-3-1-8-18(20)19-9-2-4-11-21(19)22/h1-12,22-23H,13-15,26H2,(H,27,30)(H,28,29). The summed E-state index contributed by atoms with van der Waals surface area (Å²) in [6.07, 6.45) is -0.261. The Morgan fingerprint density at radius 2 is 1.55 bits per heavy atom. The van der Waals surface area contributed by atoms with Crippen molar-refractivity contribution in [1.29, 1.82) is 0 Å². The highest BCUT2D eigenvalue weighted by Crippen LogP contribution is 2.44. The zero-order valence-corrected chi connectivity index (χ0v) is 17.0. The molecule has 1 amide bonds. The third-order valence-electron chi connectivity index (χ3n) is 5.54. The van der Waals surface area contributed by atoms with Crippen molar-refractivity contribution in [2.75, 3.05) is 6.61 Å². The summed E-state index contributed by atoms with van der Waals surface area (Å²) >= 11 is 0. The fourth-order valence-corrected chi connectivity index (χ4v) is 4.03. The lowest BCUT2D eigenvalue weighted by Gasteiger charge is -2.15. The Hall–Kier alpha value is -3.64. The maximum absolute atomic E-state index is 12.3. The van der Waals surface area contributed by atoms with E-state index in [0.29, 0.717) is 0 Å². The number of hydrogen-bond acceptors (Lipinski definition) is 4. The summed E-state index contributed by atoms with van der Waals surface area (Å²) in [4.78, 5) is 23.3. The van der Waals surface area contributed by atoms with Gasteiger partial charge in [0.05, 0.1) is 0 Å². The number of amides is 1. The number of nitrogens with two attached hydrogens (primary N) is 1. The molecule has 0 spiro atoms. The second-order valence-corrected chi connectivity index (χ2v) is 7.65. The van der Waals surface area contributed by atoms with Crippen LogP contribution < -0.4 is 11.1 Å². The van der Waals surface area contributed by atoms with Gasteiger partial charge in [0.15, 0.2) is 0 Å².